The third-order valence-electron chi connectivity index (χ3n) is 7.61. The number of hydrogen-bond donors (Lipinski definition) is 3. The Bertz CT molecular complexity index is 1050. The van der Waals surface area contributed by atoms with Crippen molar-refractivity contribution < 1.29 is 24.2 Å². The average Bonchev–Trinajstić information content (AvgIpc) is 3.38. The first kappa shape index (κ1) is 24.8. The van der Waals surface area contributed by atoms with Gasteiger partial charge in [0.2, 0.25) is 5.91 Å². The van der Waals surface area contributed by atoms with Gasteiger partial charge in [-0.05, 0) is 48.4 Å². The Morgan fingerprint density at radius 2 is 1.71 bits per heavy atom. The zero-order valence-corrected chi connectivity index (χ0v) is 20.4. The summed E-state index contributed by atoms with van der Waals surface area (Å²) in [4.78, 5) is 37.2. The number of fused-ring (bicyclic) bond motifs is 3. The standard InChI is InChI=1S/C28H34N2O5/c1-3-9-18(25(31)32)16-29-26(33)28(2)15-8-14-24(28)30-27(34)35-17-23-21-12-6-4-10-19(21)20-11-5-7-13-22(20)23/h4-7,10-13,18,23-24H,3,8-9,14-17H2,1-2H3,(H,29,33)(H,30,34)(H,31,32). The second-order valence-corrected chi connectivity index (χ2v) is 9.87. The van der Waals surface area contributed by atoms with E-state index in [4.69, 9.17) is 4.74 Å². The van der Waals surface area contributed by atoms with Crippen LogP contribution in [0.15, 0.2) is 48.5 Å². The van der Waals surface area contributed by atoms with Crippen LogP contribution in [0, 0.1) is 11.3 Å². The summed E-state index contributed by atoms with van der Waals surface area (Å²) >= 11 is 0. The summed E-state index contributed by atoms with van der Waals surface area (Å²) < 4.78 is 5.68. The maximum atomic E-state index is 13.0. The molecule has 2 aromatic carbocycles. The molecule has 186 valence electrons. The minimum Gasteiger partial charge on any atom is -0.481 e. The molecule has 3 unspecified atom stereocenters. The highest BCUT2D eigenvalue weighted by Crippen LogP contribution is 2.44. The van der Waals surface area contributed by atoms with Gasteiger partial charge in [0.25, 0.3) is 0 Å². The Labute approximate surface area is 206 Å². The number of rotatable bonds is 9. The lowest BCUT2D eigenvalue weighted by molar-refractivity contribution is -0.142. The molecule has 0 radical (unpaired) electrons. The van der Waals surface area contributed by atoms with E-state index in [9.17, 15) is 19.5 Å². The fourth-order valence-electron chi connectivity index (χ4n) is 5.53. The van der Waals surface area contributed by atoms with Gasteiger partial charge < -0.3 is 20.5 Å². The van der Waals surface area contributed by atoms with E-state index in [0.29, 0.717) is 19.3 Å². The van der Waals surface area contributed by atoms with Gasteiger partial charge >= 0.3 is 12.1 Å². The molecule has 0 aromatic heterocycles. The molecule has 2 aliphatic carbocycles. The van der Waals surface area contributed by atoms with Gasteiger partial charge in [-0.15, -0.1) is 0 Å². The molecule has 0 bridgehead atoms. The zero-order chi connectivity index (χ0) is 25.0. The number of aliphatic carboxylic acids is 1. The third kappa shape index (κ3) is 5.04. The van der Waals surface area contributed by atoms with Crippen molar-refractivity contribution in [2.45, 2.75) is 57.9 Å². The number of ether oxygens (including phenoxy) is 1. The van der Waals surface area contributed by atoms with Gasteiger partial charge in [0.1, 0.15) is 6.61 Å². The molecule has 4 rings (SSSR count). The lowest BCUT2D eigenvalue weighted by Gasteiger charge is -2.31. The fraction of sp³-hybridized carbons (Fsp3) is 0.464. The molecule has 2 aromatic rings. The Hall–Kier alpha value is -3.35. The Morgan fingerprint density at radius 1 is 1.09 bits per heavy atom. The van der Waals surface area contributed by atoms with Crippen LogP contribution in [-0.2, 0) is 14.3 Å². The molecule has 3 N–H and O–H groups in total. The first-order valence-corrected chi connectivity index (χ1v) is 12.5. The molecule has 35 heavy (non-hydrogen) atoms. The first-order chi connectivity index (χ1) is 16.8. The van der Waals surface area contributed by atoms with Crippen molar-refractivity contribution in [1.29, 1.82) is 0 Å². The number of hydrogen-bond acceptors (Lipinski definition) is 4. The minimum absolute atomic E-state index is 0.0297. The summed E-state index contributed by atoms with van der Waals surface area (Å²) in [5.41, 5.74) is 3.82. The molecule has 1 saturated carbocycles. The number of nitrogens with one attached hydrogen (secondary N) is 2. The van der Waals surface area contributed by atoms with Crippen molar-refractivity contribution >= 4 is 18.0 Å². The highest BCUT2D eigenvalue weighted by molar-refractivity contribution is 5.85. The number of amides is 2. The van der Waals surface area contributed by atoms with Crippen LogP contribution in [0.1, 0.15) is 63.0 Å². The van der Waals surface area contributed by atoms with Crippen LogP contribution in [0.5, 0.6) is 0 Å². The molecule has 0 aliphatic heterocycles. The summed E-state index contributed by atoms with van der Waals surface area (Å²) in [6, 6.07) is 16.0. The third-order valence-corrected chi connectivity index (χ3v) is 7.61. The molecule has 2 amide bonds. The Morgan fingerprint density at radius 3 is 2.31 bits per heavy atom. The lowest BCUT2D eigenvalue weighted by Crippen LogP contribution is -2.52. The smallest absolute Gasteiger partial charge is 0.407 e. The quantitative estimate of drug-likeness (QED) is 0.485. The van der Waals surface area contributed by atoms with E-state index < -0.39 is 23.4 Å². The molecule has 7 heteroatoms. The van der Waals surface area contributed by atoms with Crippen molar-refractivity contribution in [2.75, 3.05) is 13.2 Å². The van der Waals surface area contributed by atoms with Gasteiger partial charge in [-0.3, -0.25) is 9.59 Å². The first-order valence-electron chi connectivity index (χ1n) is 12.5. The molecule has 3 atom stereocenters. The van der Waals surface area contributed by atoms with Crippen LogP contribution < -0.4 is 10.6 Å². The molecule has 0 spiro atoms. The fourth-order valence-corrected chi connectivity index (χ4v) is 5.53. The monoisotopic (exact) mass is 478 g/mol. The van der Waals surface area contributed by atoms with Crippen molar-refractivity contribution in [2.24, 2.45) is 11.3 Å². The number of carbonyl (C=O) groups is 3. The number of carboxylic acid groups (broad SMARTS) is 1. The van der Waals surface area contributed by atoms with Crippen LogP contribution in [0.4, 0.5) is 4.79 Å². The van der Waals surface area contributed by atoms with Crippen molar-refractivity contribution in [1.82, 2.24) is 10.6 Å². The zero-order valence-electron chi connectivity index (χ0n) is 20.4. The van der Waals surface area contributed by atoms with E-state index in [-0.39, 0.29) is 31.0 Å². The van der Waals surface area contributed by atoms with Gasteiger partial charge in [-0.25, -0.2) is 4.79 Å². The van der Waals surface area contributed by atoms with Crippen molar-refractivity contribution in [3.63, 3.8) is 0 Å². The minimum atomic E-state index is -0.906. The van der Waals surface area contributed by atoms with Crippen LogP contribution in [-0.4, -0.2) is 42.3 Å². The van der Waals surface area contributed by atoms with Crippen LogP contribution in [0.25, 0.3) is 11.1 Å². The maximum absolute atomic E-state index is 13.0. The van der Waals surface area contributed by atoms with Gasteiger partial charge in [0.15, 0.2) is 0 Å². The number of carboxylic acids is 1. The topological polar surface area (TPSA) is 105 Å². The average molecular weight is 479 g/mol. The van der Waals surface area contributed by atoms with E-state index >= 15 is 0 Å². The Balaban J connectivity index is 1.36. The highest BCUT2D eigenvalue weighted by atomic mass is 16.5. The highest BCUT2D eigenvalue weighted by Gasteiger charge is 2.46. The normalized spacial score (nSPS) is 21.6. The largest absolute Gasteiger partial charge is 0.481 e. The Kier molecular flexibility index (Phi) is 7.43. The van der Waals surface area contributed by atoms with Crippen molar-refractivity contribution in [3.05, 3.63) is 59.7 Å². The molecule has 2 aliphatic rings. The predicted molar refractivity (Wildman–Crippen MR) is 133 cm³/mol. The summed E-state index contributed by atoms with van der Waals surface area (Å²) in [5, 5.41) is 15.1. The molecular formula is C28H34N2O5. The summed E-state index contributed by atoms with van der Waals surface area (Å²) in [6.45, 7) is 4.06. The van der Waals surface area contributed by atoms with Crippen LogP contribution in [0.2, 0.25) is 0 Å². The van der Waals surface area contributed by atoms with E-state index in [2.05, 4.69) is 34.9 Å². The maximum Gasteiger partial charge on any atom is 0.407 e. The summed E-state index contributed by atoms with van der Waals surface area (Å²) in [7, 11) is 0. The second kappa shape index (κ2) is 10.5. The van der Waals surface area contributed by atoms with Crippen molar-refractivity contribution in [3.8, 4) is 11.1 Å². The second-order valence-electron chi connectivity index (χ2n) is 9.87. The van der Waals surface area contributed by atoms with E-state index in [0.717, 1.165) is 24.0 Å². The lowest BCUT2D eigenvalue weighted by atomic mass is 9.83. The van der Waals surface area contributed by atoms with Crippen LogP contribution in [0.3, 0.4) is 0 Å². The number of alkyl carbamates (subject to hydrolysis) is 1. The van der Waals surface area contributed by atoms with E-state index in [1.165, 1.54) is 11.1 Å². The summed E-state index contributed by atoms with van der Waals surface area (Å²) in [5.74, 6) is -1.77. The molecule has 1 fully saturated rings. The number of carbonyl (C=O) groups excluding carboxylic acids is 2. The van der Waals surface area contributed by atoms with Crippen LogP contribution >= 0.6 is 0 Å². The van der Waals surface area contributed by atoms with Gasteiger partial charge in [0.05, 0.1) is 11.3 Å². The molecule has 0 saturated heterocycles. The van der Waals surface area contributed by atoms with E-state index in [1.54, 1.807) is 0 Å². The van der Waals surface area contributed by atoms with E-state index in [1.807, 2.05) is 38.1 Å². The predicted octanol–water partition coefficient (Wildman–Crippen LogP) is 4.70. The van der Waals surface area contributed by atoms with Gasteiger partial charge in [-0.1, -0.05) is 68.3 Å². The summed E-state index contributed by atoms with van der Waals surface area (Å²) in [6.07, 6.45) is 2.80. The molecular weight excluding hydrogens is 444 g/mol. The molecule has 7 nitrogen and oxygen atoms in total. The van der Waals surface area contributed by atoms with Gasteiger partial charge in [0, 0.05) is 18.5 Å². The SMILES string of the molecule is CCCC(CNC(=O)C1(C)CCCC1NC(=O)OCC1c2ccccc2-c2ccccc21)C(=O)O. The number of benzene rings is 2. The molecule has 0 heterocycles. The van der Waals surface area contributed by atoms with Gasteiger partial charge in [-0.2, -0.15) is 0 Å².